The third-order valence-corrected chi connectivity index (χ3v) is 2.82. The average Bonchev–Trinajstić information content (AvgIpc) is 2.57. The van der Waals surface area contributed by atoms with Crippen LogP contribution in [0.15, 0.2) is 36.5 Å². The van der Waals surface area contributed by atoms with E-state index in [1.807, 2.05) is 38.4 Å². The zero-order chi connectivity index (χ0) is 10.1. The number of aryl methyl sites for hydroxylation is 2. The highest BCUT2D eigenvalue weighted by molar-refractivity contribution is 6.31. The van der Waals surface area contributed by atoms with E-state index in [-0.39, 0.29) is 0 Å². The minimum absolute atomic E-state index is 0.822. The van der Waals surface area contributed by atoms with Crippen molar-refractivity contribution >= 4 is 11.6 Å². The average molecular weight is 206 g/mol. The molecule has 0 aliphatic rings. The summed E-state index contributed by atoms with van der Waals surface area (Å²) in [6.45, 7) is 2.02. The number of rotatable bonds is 1. The lowest BCUT2D eigenvalue weighted by atomic mass is 10.1. The molecule has 1 aromatic heterocycles. The predicted molar refractivity (Wildman–Crippen MR) is 60.6 cm³/mol. The molecule has 72 valence electrons. The highest BCUT2D eigenvalue weighted by Crippen LogP contribution is 2.24. The van der Waals surface area contributed by atoms with Crippen LogP contribution in [0.4, 0.5) is 0 Å². The van der Waals surface area contributed by atoms with Crippen molar-refractivity contribution in [3.63, 3.8) is 0 Å². The van der Waals surface area contributed by atoms with Crippen molar-refractivity contribution in [1.29, 1.82) is 0 Å². The van der Waals surface area contributed by atoms with Crippen molar-refractivity contribution in [2.24, 2.45) is 7.05 Å². The Morgan fingerprint density at radius 2 is 2.00 bits per heavy atom. The summed E-state index contributed by atoms with van der Waals surface area (Å²) in [5, 5.41) is 0.822. The lowest BCUT2D eigenvalue weighted by Gasteiger charge is -2.05. The first-order valence-corrected chi connectivity index (χ1v) is 4.94. The van der Waals surface area contributed by atoms with Crippen molar-refractivity contribution in [3.8, 4) is 11.3 Å². The Hall–Kier alpha value is -1.21. The third-order valence-electron chi connectivity index (χ3n) is 2.40. The fraction of sp³-hybridized carbons (Fsp3) is 0.167. The molecule has 2 aromatic rings. The third kappa shape index (κ3) is 1.55. The Balaban J connectivity index is 2.53. The van der Waals surface area contributed by atoms with Crippen LogP contribution in [-0.2, 0) is 7.05 Å². The van der Waals surface area contributed by atoms with E-state index in [0.29, 0.717) is 0 Å². The Morgan fingerprint density at radius 3 is 2.57 bits per heavy atom. The smallest absolute Gasteiger partial charge is 0.0477 e. The number of nitrogens with zero attached hydrogens (tertiary/aromatic N) is 1. The molecule has 0 N–H and O–H groups in total. The Labute approximate surface area is 88.9 Å². The van der Waals surface area contributed by atoms with Gasteiger partial charge in [-0.3, -0.25) is 0 Å². The molecule has 1 nitrogen and oxygen atoms in total. The summed E-state index contributed by atoms with van der Waals surface area (Å²) < 4.78 is 2.10. The van der Waals surface area contributed by atoms with Gasteiger partial charge in [-0.15, -0.1) is 0 Å². The van der Waals surface area contributed by atoms with E-state index < -0.39 is 0 Å². The molecule has 14 heavy (non-hydrogen) atoms. The molecule has 0 fully saturated rings. The van der Waals surface area contributed by atoms with Gasteiger partial charge in [0.2, 0.25) is 0 Å². The largest absolute Gasteiger partial charge is 0.351 e. The molecule has 0 amide bonds. The van der Waals surface area contributed by atoms with E-state index in [4.69, 9.17) is 11.6 Å². The van der Waals surface area contributed by atoms with Crippen molar-refractivity contribution in [2.75, 3.05) is 0 Å². The van der Waals surface area contributed by atoms with Gasteiger partial charge in [0.15, 0.2) is 0 Å². The summed E-state index contributed by atoms with van der Waals surface area (Å²) in [4.78, 5) is 0. The van der Waals surface area contributed by atoms with E-state index in [2.05, 4.69) is 16.7 Å². The summed E-state index contributed by atoms with van der Waals surface area (Å²) >= 11 is 5.98. The maximum absolute atomic E-state index is 5.98. The quantitative estimate of drug-likeness (QED) is 0.670. The molecular weight excluding hydrogens is 194 g/mol. The molecule has 0 unspecified atom stereocenters. The summed E-state index contributed by atoms with van der Waals surface area (Å²) in [5.41, 5.74) is 3.54. The number of benzene rings is 1. The molecule has 1 heterocycles. The van der Waals surface area contributed by atoms with Crippen molar-refractivity contribution in [3.05, 3.63) is 47.1 Å². The summed E-state index contributed by atoms with van der Waals surface area (Å²) in [5.74, 6) is 0. The minimum Gasteiger partial charge on any atom is -0.351 e. The van der Waals surface area contributed by atoms with Crippen molar-refractivity contribution in [1.82, 2.24) is 4.57 Å². The topological polar surface area (TPSA) is 4.93 Å². The zero-order valence-corrected chi connectivity index (χ0v) is 9.05. The van der Waals surface area contributed by atoms with Gasteiger partial charge in [0.1, 0.15) is 0 Å². The van der Waals surface area contributed by atoms with Gasteiger partial charge in [0.25, 0.3) is 0 Å². The normalized spacial score (nSPS) is 10.5. The highest BCUT2D eigenvalue weighted by atomic mass is 35.5. The van der Waals surface area contributed by atoms with Crippen LogP contribution in [0, 0.1) is 6.92 Å². The molecule has 0 bridgehead atoms. The first-order valence-electron chi connectivity index (χ1n) is 4.56. The van der Waals surface area contributed by atoms with Gasteiger partial charge in [-0.25, -0.2) is 0 Å². The molecule has 0 aliphatic heterocycles. The monoisotopic (exact) mass is 205 g/mol. The molecule has 2 heteroatoms. The van der Waals surface area contributed by atoms with Gasteiger partial charge in [0.05, 0.1) is 0 Å². The maximum atomic E-state index is 5.98. The van der Waals surface area contributed by atoms with Crippen molar-refractivity contribution in [2.45, 2.75) is 6.92 Å². The molecule has 0 saturated carbocycles. The summed E-state index contributed by atoms with van der Waals surface area (Å²) in [6.07, 6.45) is 2.04. The first-order chi connectivity index (χ1) is 6.68. The molecule has 1 aromatic carbocycles. The van der Waals surface area contributed by atoms with Crippen LogP contribution in [-0.4, -0.2) is 4.57 Å². The van der Waals surface area contributed by atoms with Crippen LogP contribution in [0.1, 0.15) is 5.56 Å². The molecule has 0 saturated heterocycles. The van der Waals surface area contributed by atoms with Crippen LogP contribution < -0.4 is 0 Å². The van der Waals surface area contributed by atoms with E-state index in [1.165, 1.54) is 11.3 Å². The Kier molecular flexibility index (Phi) is 2.34. The lowest BCUT2D eigenvalue weighted by molar-refractivity contribution is 0.937. The van der Waals surface area contributed by atoms with Gasteiger partial charge in [-0.2, -0.15) is 0 Å². The Bertz CT molecular complexity index is 457. The summed E-state index contributed by atoms with van der Waals surface area (Å²) in [7, 11) is 2.04. The van der Waals surface area contributed by atoms with Gasteiger partial charge in [-0.1, -0.05) is 17.7 Å². The maximum Gasteiger partial charge on any atom is 0.0477 e. The Morgan fingerprint density at radius 1 is 1.21 bits per heavy atom. The number of aromatic nitrogens is 1. The summed E-state index contributed by atoms with van der Waals surface area (Å²) in [6, 6.07) is 10.2. The van der Waals surface area contributed by atoms with Gasteiger partial charge in [-0.05, 0) is 42.3 Å². The van der Waals surface area contributed by atoms with Crippen molar-refractivity contribution < 1.29 is 0 Å². The van der Waals surface area contributed by atoms with Crippen LogP contribution in [0.2, 0.25) is 5.02 Å². The molecule has 2 rings (SSSR count). The molecular formula is C12H12ClN. The number of hydrogen-bond acceptors (Lipinski definition) is 0. The van der Waals surface area contributed by atoms with E-state index >= 15 is 0 Å². The van der Waals surface area contributed by atoms with E-state index in [9.17, 15) is 0 Å². The molecule has 0 spiro atoms. The first kappa shape index (κ1) is 9.35. The second kappa shape index (κ2) is 3.50. The number of halogens is 1. The van der Waals surface area contributed by atoms with Gasteiger partial charge >= 0.3 is 0 Å². The highest BCUT2D eigenvalue weighted by Gasteiger charge is 2.02. The minimum atomic E-state index is 0.822. The second-order valence-corrected chi connectivity index (χ2v) is 3.88. The van der Waals surface area contributed by atoms with E-state index in [1.54, 1.807) is 0 Å². The van der Waals surface area contributed by atoms with Crippen LogP contribution in [0.3, 0.4) is 0 Å². The molecule has 0 atom stereocenters. The number of hydrogen-bond donors (Lipinski definition) is 0. The van der Waals surface area contributed by atoms with Crippen LogP contribution in [0.25, 0.3) is 11.3 Å². The molecule has 0 radical (unpaired) electrons. The molecule has 0 aliphatic carbocycles. The fourth-order valence-electron chi connectivity index (χ4n) is 1.57. The standard InChI is InChI=1S/C12H12ClN/c1-9-8-10(5-6-11(9)13)12-4-3-7-14(12)2/h3-8H,1-2H3. The van der Waals surface area contributed by atoms with Gasteiger partial charge in [0, 0.05) is 24.0 Å². The second-order valence-electron chi connectivity index (χ2n) is 3.47. The zero-order valence-electron chi connectivity index (χ0n) is 8.29. The fourth-order valence-corrected chi connectivity index (χ4v) is 1.68. The van der Waals surface area contributed by atoms with E-state index in [0.717, 1.165) is 10.6 Å². The van der Waals surface area contributed by atoms with Crippen LogP contribution >= 0.6 is 11.6 Å². The lowest BCUT2D eigenvalue weighted by Crippen LogP contribution is -1.89. The SMILES string of the molecule is Cc1cc(-c2cccn2C)ccc1Cl. The predicted octanol–water partition coefficient (Wildman–Crippen LogP) is 3.65. The van der Waals surface area contributed by atoms with Crippen LogP contribution in [0.5, 0.6) is 0 Å². The van der Waals surface area contributed by atoms with Gasteiger partial charge < -0.3 is 4.57 Å².